The molecule has 100 valence electrons. The third-order valence-corrected chi connectivity index (χ3v) is 6.15. The Bertz CT molecular complexity index is 201. The molecule has 0 aliphatic heterocycles. The predicted octanol–water partition coefficient (Wildman–Crippen LogP) is 2.79. The molecule has 0 saturated carbocycles. The molecule has 0 atom stereocenters. The second kappa shape index (κ2) is 11.1. The standard InChI is InChI=1S/C12H24O3SSi/c1-5-10-16-11-9-12-17(13-6-2,14-7-3)15-8-4/h1H,6-12H2,2-4H3. The summed E-state index contributed by atoms with van der Waals surface area (Å²) in [4.78, 5) is 0. The zero-order valence-corrected chi connectivity index (χ0v) is 13.0. The van der Waals surface area contributed by atoms with Gasteiger partial charge in [-0.25, -0.2) is 0 Å². The van der Waals surface area contributed by atoms with Crippen LogP contribution in [0, 0.1) is 12.3 Å². The maximum atomic E-state index is 5.76. The van der Waals surface area contributed by atoms with Gasteiger partial charge in [-0.3, -0.25) is 0 Å². The molecule has 0 amide bonds. The smallest absolute Gasteiger partial charge is 0.374 e. The number of terminal acetylenes is 1. The molecule has 0 fully saturated rings. The Balaban J connectivity index is 4.10. The Morgan fingerprint density at radius 1 is 1.06 bits per heavy atom. The van der Waals surface area contributed by atoms with Crippen molar-refractivity contribution < 1.29 is 13.3 Å². The van der Waals surface area contributed by atoms with Crippen molar-refractivity contribution in [2.24, 2.45) is 0 Å². The lowest BCUT2D eigenvalue weighted by Gasteiger charge is -2.28. The fourth-order valence-corrected chi connectivity index (χ4v) is 5.00. The minimum absolute atomic E-state index is 0.643. The molecular formula is C12H24O3SSi. The van der Waals surface area contributed by atoms with E-state index in [1.807, 2.05) is 20.8 Å². The average Bonchev–Trinajstić information content (AvgIpc) is 2.30. The van der Waals surface area contributed by atoms with Crippen molar-refractivity contribution in [2.75, 3.05) is 31.3 Å². The average molecular weight is 276 g/mol. The molecule has 0 unspecified atom stereocenters. The highest BCUT2D eigenvalue weighted by atomic mass is 32.2. The molecule has 0 spiro atoms. The van der Waals surface area contributed by atoms with Crippen LogP contribution in [-0.2, 0) is 13.3 Å². The van der Waals surface area contributed by atoms with Crippen LogP contribution in [-0.4, -0.2) is 40.1 Å². The topological polar surface area (TPSA) is 27.7 Å². The molecular weight excluding hydrogens is 252 g/mol. The summed E-state index contributed by atoms with van der Waals surface area (Å²) in [6.45, 7) is 7.86. The molecule has 0 aromatic rings. The van der Waals surface area contributed by atoms with Crippen LogP contribution in [0.5, 0.6) is 0 Å². The van der Waals surface area contributed by atoms with Gasteiger partial charge in [0.25, 0.3) is 0 Å². The summed E-state index contributed by atoms with van der Waals surface area (Å²) in [5.41, 5.74) is 0. The Morgan fingerprint density at radius 2 is 1.59 bits per heavy atom. The molecule has 3 nitrogen and oxygen atoms in total. The van der Waals surface area contributed by atoms with Gasteiger partial charge in [0, 0.05) is 25.9 Å². The molecule has 0 aromatic carbocycles. The van der Waals surface area contributed by atoms with E-state index in [-0.39, 0.29) is 0 Å². The zero-order valence-electron chi connectivity index (χ0n) is 11.2. The van der Waals surface area contributed by atoms with Crippen LogP contribution in [0.2, 0.25) is 6.04 Å². The molecule has 0 heterocycles. The maximum Gasteiger partial charge on any atom is 0.500 e. The largest absolute Gasteiger partial charge is 0.500 e. The third kappa shape index (κ3) is 7.85. The van der Waals surface area contributed by atoms with Crippen molar-refractivity contribution in [3.8, 4) is 12.3 Å². The summed E-state index contributed by atoms with van der Waals surface area (Å²) in [6.07, 6.45) is 6.23. The quantitative estimate of drug-likeness (QED) is 0.329. The van der Waals surface area contributed by atoms with Gasteiger partial charge in [0.05, 0.1) is 5.75 Å². The number of hydrogen-bond donors (Lipinski definition) is 0. The first-order valence-corrected chi connectivity index (χ1v) is 9.26. The first kappa shape index (κ1) is 17.0. The molecule has 0 radical (unpaired) electrons. The Kier molecular flexibility index (Phi) is 11.1. The minimum Gasteiger partial charge on any atom is -0.374 e. The highest BCUT2D eigenvalue weighted by Crippen LogP contribution is 2.19. The highest BCUT2D eigenvalue weighted by molar-refractivity contribution is 7.99. The van der Waals surface area contributed by atoms with E-state index < -0.39 is 8.80 Å². The summed E-state index contributed by atoms with van der Waals surface area (Å²) in [7, 11) is -2.42. The normalized spacial score (nSPS) is 11.4. The SMILES string of the molecule is C#CCSCCC[Si](OCC)(OCC)OCC. The predicted molar refractivity (Wildman–Crippen MR) is 76.2 cm³/mol. The Hall–Kier alpha value is 0.00688. The van der Waals surface area contributed by atoms with E-state index in [2.05, 4.69) is 5.92 Å². The summed E-state index contributed by atoms with van der Waals surface area (Å²) >= 11 is 1.77. The zero-order chi connectivity index (χ0) is 13.0. The van der Waals surface area contributed by atoms with E-state index in [4.69, 9.17) is 19.7 Å². The summed E-state index contributed by atoms with van der Waals surface area (Å²) in [6, 6.07) is 0.875. The van der Waals surface area contributed by atoms with Gasteiger partial charge in [-0.1, -0.05) is 5.92 Å². The fourth-order valence-electron chi connectivity index (χ4n) is 1.52. The van der Waals surface area contributed by atoms with Gasteiger partial charge < -0.3 is 13.3 Å². The number of thioether (sulfide) groups is 1. The second-order valence-corrected chi connectivity index (χ2v) is 7.18. The van der Waals surface area contributed by atoms with Gasteiger partial charge in [-0.2, -0.15) is 0 Å². The fraction of sp³-hybridized carbons (Fsp3) is 0.833. The third-order valence-electron chi connectivity index (χ3n) is 2.05. The first-order valence-electron chi connectivity index (χ1n) is 6.17. The monoisotopic (exact) mass is 276 g/mol. The van der Waals surface area contributed by atoms with Gasteiger partial charge in [0.1, 0.15) is 0 Å². The van der Waals surface area contributed by atoms with Crippen LogP contribution in [0.25, 0.3) is 0 Å². The summed E-state index contributed by atoms with van der Waals surface area (Å²) in [5.74, 6) is 4.43. The van der Waals surface area contributed by atoms with Crippen molar-refractivity contribution >= 4 is 20.6 Å². The van der Waals surface area contributed by atoms with Crippen LogP contribution in [0.4, 0.5) is 0 Å². The van der Waals surface area contributed by atoms with E-state index in [0.29, 0.717) is 19.8 Å². The second-order valence-electron chi connectivity index (χ2n) is 3.34. The van der Waals surface area contributed by atoms with Crippen molar-refractivity contribution in [3.05, 3.63) is 0 Å². The Labute approximate surface area is 111 Å². The highest BCUT2D eigenvalue weighted by Gasteiger charge is 2.39. The molecule has 0 bridgehead atoms. The van der Waals surface area contributed by atoms with Gasteiger partial charge in [0.2, 0.25) is 0 Å². The van der Waals surface area contributed by atoms with Crippen LogP contribution < -0.4 is 0 Å². The Morgan fingerprint density at radius 3 is 2.00 bits per heavy atom. The maximum absolute atomic E-state index is 5.76. The molecule has 0 saturated heterocycles. The van der Waals surface area contributed by atoms with E-state index in [1.54, 1.807) is 11.8 Å². The van der Waals surface area contributed by atoms with Crippen molar-refractivity contribution in [2.45, 2.75) is 33.2 Å². The minimum atomic E-state index is -2.42. The van der Waals surface area contributed by atoms with Gasteiger partial charge in [-0.05, 0) is 32.9 Å². The van der Waals surface area contributed by atoms with Gasteiger partial charge in [0.15, 0.2) is 0 Å². The lowest BCUT2D eigenvalue weighted by atomic mass is 10.6. The number of hydrogen-bond acceptors (Lipinski definition) is 4. The number of rotatable bonds is 11. The molecule has 0 rings (SSSR count). The molecule has 0 aromatic heterocycles. The first-order chi connectivity index (χ1) is 8.24. The van der Waals surface area contributed by atoms with Gasteiger partial charge in [-0.15, -0.1) is 18.2 Å². The summed E-state index contributed by atoms with van der Waals surface area (Å²) < 4.78 is 17.3. The van der Waals surface area contributed by atoms with E-state index >= 15 is 0 Å². The van der Waals surface area contributed by atoms with Crippen LogP contribution in [0.1, 0.15) is 27.2 Å². The van der Waals surface area contributed by atoms with Crippen LogP contribution in [0.3, 0.4) is 0 Å². The van der Waals surface area contributed by atoms with E-state index in [1.165, 1.54) is 0 Å². The summed E-state index contributed by atoms with van der Waals surface area (Å²) in [5, 5.41) is 0. The molecule has 0 aliphatic rings. The van der Waals surface area contributed by atoms with E-state index in [0.717, 1.165) is 24.0 Å². The van der Waals surface area contributed by atoms with Crippen LogP contribution >= 0.6 is 11.8 Å². The molecule has 17 heavy (non-hydrogen) atoms. The molecule has 0 N–H and O–H groups in total. The lowest BCUT2D eigenvalue weighted by molar-refractivity contribution is 0.0712. The van der Waals surface area contributed by atoms with E-state index in [9.17, 15) is 0 Å². The van der Waals surface area contributed by atoms with Crippen molar-refractivity contribution in [1.29, 1.82) is 0 Å². The van der Waals surface area contributed by atoms with Crippen molar-refractivity contribution in [1.82, 2.24) is 0 Å². The molecule has 5 heteroatoms. The van der Waals surface area contributed by atoms with Crippen LogP contribution in [0.15, 0.2) is 0 Å². The molecule has 0 aliphatic carbocycles. The lowest BCUT2D eigenvalue weighted by Crippen LogP contribution is -2.46. The van der Waals surface area contributed by atoms with Gasteiger partial charge >= 0.3 is 8.80 Å². The van der Waals surface area contributed by atoms with Crippen molar-refractivity contribution in [3.63, 3.8) is 0 Å².